The number of fused-ring (bicyclic) bond motifs is 1. The fraction of sp³-hybridized carbons (Fsp3) is 0.261. The van der Waals surface area contributed by atoms with Gasteiger partial charge in [0.05, 0.1) is 38.9 Å². The lowest BCUT2D eigenvalue weighted by atomic mass is 9.95. The summed E-state index contributed by atoms with van der Waals surface area (Å²) >= 11 is 0. The minimum atomic E-state index is -0.432. The summed E-state index contributed by atoms with van der Waals surface area (Å²) in [7, 11) is 4.48. The summed E-state index contributed by atoms with van der Waals surface area (Å²) in [6.45, 7) is 0.500. The third kappa shape index (κ3) is 3.96. The number of ether oxygens (including phenoxy) is 3. The molecule has 2 heterocycles. The SMILES string of the molecule is COC(=O)c1ccc(NC(=O)N2CCc3[nH]cnc3[C@@H]2c2ccc(OC)c(OC)c2)cc1. The molecule has 166 valence electrons. The lowest BCUT2D eigenvalue weighted by Crippen LogP contribution is -2.43. The van der Waals surface area contributed by atoms with Gasteiger partial charge in [-0.25, -0.2) is 14.6 Å². The highest BCUT2D eigenvalue weighted by Gasteiger charge is 2.34. The van der Waals surface area contributed by atoms with Crippen LogP contribution in [0.25, 0.3) is 0 Å². The summed E-state index contributed by atoms with van der Waals surface area (Å²) < 4.78 is 15.5. The molecular weight excluding hydrogens is 412 g/mol. The smallest absolute Gasteiger partial charge is 0.337 e. The Morgan fingerprint density at radius 1 is 1.06 bits per heavy atom. The van der Waals surface area contributed by atoms with E-state index < -0.39 is 12.0 Å². The van der Waals surface area contributed by atoms with E-state index in [9.17, 15) is 9.59 Å². The van der Waals surface area contributed by atoms with E-state index in [1.54, 1.807) is 49.7 Å². The molecule has 1 aromatic heterocycles. The molecule has 0 saturated carbocycles. The molecule has 3 aromatic rings. The van der Waals surface area contributed by atoms with Crippen molar-refractivity contribution < 1.29 is 23.8 Å². The van der Waals surface area contributed by atoms with Gasteiger partial charge in [-0.2, -0.15) is 0 Å². The maximum absolute atomic E-state index is 13.3. The fourth-order valence-corrected chi connectivity index (χ4v) is 3.86. The average Bonchev–Trinajstić information content (AvgIpc) is 3.31. The first-order valence-electron chi connectivity index (χ1n) is 10.1. The maximum atomic E-state index is 13.3. The summed E-state index contributed by atoms with van der Waals surface area (Å²) in [5, 5.41) is 2.91. The van der Waals surface area contributed by atoms with Crippen LogP contribution < -0.4 is 14.8 Å². The number of rotatable bonds is 5. The van der Waals surface area contributed by atoms with Crippen LogP contribution in [0.1, 0.15) is 33.4 Å². The van der Waals surface area contributed by atoms with Crippen molar-refractivity contribution in [2.24, 2.45) is 0 Å². The zero-order chi connectivity index (χ0) is 22.7. The van der Waals surface area contributed by atoms with E-state index in [2.05, 4.69) is 15.3 Å². The number of imidazole rings is 1. The minimum Gasteiger partial charge on any atom is -0.493 e. The molecule has 1 aliphatic heterocycles. The van der Waals surface area contributed by atoms with Gasteiger partial charge in [0.1, 0.15) is 6.04 Å². The van der Waals surface area contributed by atoms with Gasteiger partial charge in [-0.15, -0.1) is 0 Å². The van der Waals surface area contributed by atoms with Gasteiger partial charge in [0.15, 0.2) is 11.5 Å². The molecule has 0 aliphatic carbocycles. The Hall–Kier alpha value is -4.01. The Morgan fingerprint density at radius 3 is 2.50 bits per heavy atom. The standard InChI is InChI=1S/C23H24N4O5/c1-30-18-9-6-15(12-19(18)31-2)21-20-17(24-13-25-20)10-11-27(21)23(29)26-16-7-4-14(5-8-16)22(28)32-3/h4-9,12-13,21H,10-11H2,1-3H3,(H,24,25)(H,26,29)/t21-/m0/s1. The zero-order valence-electron chi connectivity index (χ0n) is 18.0. The van der Waals surface area contributed by atoms with E-state index in [4.69, 9.17) is 14.2 Å². The maximum Gasteiger partial charge on any atom is 0.337 e. The van der Waals surface area contributed by atoms with Crippen molar-refractivity contribution in [1.82, 2.24) is 14.9 Å². The number of esters is 1. The first-order chi connectivity index (χ1) is 15.5. The molecule has 0 bridgehead atoms. The Kier molecular flexibility index (Phi) is 5.98. The summed E-state index contributed by atoms with van der Waals surface area (Å²) in [5.74, 6) is 0.751. The van der Waals surface area contributed by atoms with E-state index in [1.807, 2.05) is 18.2 Å². The van der Waals surface area contributed by atoms with Crippen molar-refractivity contribution in [3.05, 3.63) is 71.3 Å². The molecule has 0 fully saturated rings. The largest absolute Gasteiger partial charge is 0.493 e. The van der Waals surface area contributed by atoms with Crippen LogP contribution in [0.2, 0.25) is 0 Å². The predicted octanol–water partition coefficient (Wildman–Crippen LogP) is 3.39. The van der Waals surface area contributed by atoms with Crippen molar-refractivity contribution in [3.63, 3.8) is 0 Å². The van der Waals surface area contributed by atoms with E-state index in [0.717, 1.165) is 17.0 Å². The lowest BCUT2D eigenvalue weighted by molar-refractivity contribution is 0.0600. The monoisotopic (exact) mass is 436 g/mol. The number of hydrogen-bond acceptors (Lipinski definition) is 6. The summed E-state index contributed by atoms with van der Waals surface area (Å²) in [5.41, 5.74) is 3.62. The lowest BCUT2D eigenvalue weighted by Gasteiger charge is -2.35. The Bertz CT molecular complexity index is 1130. The Morgan fingerprint density at radius 2 is 1.81 bits per heavy atom. The van der Waals surface area contributed by atoms with E-state index in [0.29, 0.717) is 35.7 Å². The molecule has 2 N–H and O–H groups in total. The van der Waals surface area contributed by atoms with Gasteiger partial charge in [0.25, 0.3) is 0 Å². The number of amides is 2. The van der Waals surface area contributed by atoms with Crippen LogP contribution in [0.3, 0.4) is 0 Å². The highest BCUT2D eigenvalue weighted by Crippen LogP contribution is 2.38. The number of nitrogens with one attached hydrogen (secondary N) is 2. The third-order valence-electron chi connectivity index (χ3n) is 5.47. The summed E-state index contributed by atoms with van der Waals surface area (Å²) in [4.78, 5) is 34.3. The van der Waals surface area contributed by atoms with Crippen LogP contribution in [0.5, 0.6) is 11.5 Å². The normalized spacial score (nSPS) is 15.0. The van der Waals surface area contributed by atoms with Gasteiger partial charge in [-0.05, 0) is 42.0 Å². The van der Waals surface area contributed by atoms with Crippen LogP contribution in [-0.4, -0.2) is 54.7 Å². The number of urea groups is 1. The molecule has 0 saturated heterocycles. The van der Waals surface area contributed by atoms with Crippen molar-refractivity contribution >= 4 is 17.7 Å². The van der Waals surface area contributed by atoms with E-state index in [-0.39, 0.29) is 6.03 Å². The van der Waals surface area contributed by atoms with Crippen LogP contribution in [0, 0.1) is 0 Å². The summed E-state index contributed by atoms with van der Waals surface area (Å²) in [6, 6.07) is 11.4. The molecule has 32 heavy (non-hydrogen) atoms. The second-order valence-electron chi connectivity index (χ2n) is 7.23. The topological polar surface area (TPSA) is 106 Å². The first kappa shape index (κ1) is 21.2. The quantitative estimate of drug-likeness (QED) is 0.594. The van der Waals surface area contributed by atoms with Crippen molar-refractivity contribution in [3.8, 4) is 11.5 Å². The number of aromatic amines is 1. The molecule has 1 aliphatic rings. The van der Waals surface area contributed by atoms with E-state index >= 15 is 0 Å². The van der Waals surface area contributed by atoms with Gasteiger partial charge < -0.3 is 29.4 Å². The highest BCUT2D eigenvalue weighted by atomic mass is 16.5. The van der Waals surface area contributed by atoms with Gasteiger partial charge in [0, 0.05) is 24.3 Å². The van der Waals surface area contributed by atoms with Crippen molar-refractivity contribution in [2.75, 3.05) is 33.2 Å². The molecule has 0 spiro atoms. The van der Waals surface area contributed by atoms with Gasteiger partial charge in [-0.1, -0.05) is 6.07 Å². The second-order valence-corrected chi connectivity index (χ2v) is 7.23. The van der Waals surface area contributed by atoms with E-state index in [1.165, 1.54) is 7.11 Å². The molecule has 2 amide bonds. The molecule has 1 atom stereocenters. The second kappa shape index (κ2) is 9.01. The Balaban J connectivity index is 1.63. The van der Waals surface area contributed by atoms with Crippen LogP contribution in [-0.2, 0) is 11.2 Å². The summed E-state index contributed by atoms with van der Waals surface area (Å²) in [6.07, 6.45) is 2.30. The third-order valence-corrected chi connectivity index (χ3v) is 5.47. The Labute approximate surface area is 185 Å². The molecule has 0 unspecified atom stereocenters. The molecule has 4 rings (SSSR count). The molecule has 2 aromatic carbocycles. The molecule has 0 radical (unpaired) electrons. The number of carbonyl (C=O) groups is 2. The van der Waals surface area contributed by atoms with Crippen LogP contribution in [0.4, 0.5) is 10.5 Å². The number of carbonyl (C=O) groups excluding carboxylic acids is 2. The van der Waals surface area contributed by atoms with Gasteiger partial charge in [-0.3, -0.25) is 0 Å². The number of aromatic nitrogens is 2. The zero-order valence-corrected chi connectivity index (χ0v) is 18.0. The first-order valence-corrected chi connectivity index (χ1v) is 10.1. The fourth-order valence-electron chi connectivity index (χ4n) is 3.86. The van der Waals surface area contributed by atoms with Crippen LogP contribution >= 0.6 is 0 Å². The number of H-pyrrole nitrogens is 1. The predicted molar refractivity (Wildman–Crippen MR) is 117 cm³/mol. The molecule has 9 heteroatoms. The number of benzene rings is 2. The number of anilines is 1. The number of methoxy groups -OCH3 is 3. The molecular formula is C23H24N4O5. The van der Waals surface area contributed by atoms with Gasteiger partial charge >= 0.3 is 12.0 Å². The average molecular weight is 436 g/mol. The number of hydrogen-bond donors (Lipinski definition) is 2. The number of nitrogens with zero attached hydrogens (tertiary/aromatic N) is 2. The van der Waals surface area contributed by atoms with Crippen molar-refractivity contribution in [2.45, 2.75) is 12.5 Å². The van der Waals surface area contributed by atoms with Gasteiger partial charge in [0.2, 0.25) is 0 Å². The highest BCUT2D eigenvalue weighted by molar-refractivity contribution is 5.92. The molecule has 9 nitrogen and oxygen atoms in total. The minimum absolute atomic E-state index is 0.274. The van der Waals surface area contributed by atoms with Crippen molar-refractivity contribution in [1.29, 1.82) is 0 Å². The van der Waals surface area contributed by atoms with Crippen LogP contribution in [0.15, 0.2) is 48.8 Å².